The summed E-state index contributed by atoms with van der Waals surface area (Å²) in [6.45, 7) is 9.56. The number of hydrogen-bond donors (Lipinski definition) is 0. The number of hydrogen-bond acceptors (Lipinski definition) is 3. The van der Waals surface area contributed by atoms with Crippen LogP contribution in [-0.2, 0) is 26.8 Å². The van der Waals surface area contributed by atoms with E-state index in [0.29, 0.717) is 10.9 Å². The molecular formula is C16H25F3O3S2Si. The van der Waals surface area contributed by atoms with Crippen molar-refractivity contribution in [1.29, 1.82) is 0 Å². The van der Waals surface area contributed by atoms with Gasteiger partial charge in [0.15, 0.2) is 10.1 Å². The van der Waals surface area contributed by atoms with Crippen LogP contribution < -0.4 is 0 Å². The molecule has 0 radical (unpaired) electrons. The van der Waals surface area contributed by atoms with Gasteiger partial charge >= 0.3 is 5.51 Å². The second-order valence-electron chi connectivity index (χ2n) is 6.58. The average Bonchev–Trinajstić information content (AvgIpc) is 2.43. The maximum Gasteiger partial charge on any atom is 0.485 e. The van der Waals surface area contributed by atoms with Gasteiger partial charge in [-0.15, -0.1) is 0 Å². The van der Waals surface area contributed by atoms with Crippen molar-refractivity contribution in [1.82, 2.24) is 0 Å². The van der Waals surface area contributed by atoms with Gasteiger partial charge in [0.05, 0.1) is 5.38 Å². The lowest BCUT2D eigenvalue weighted by molar-refractivity contribution is -0.0517. The van der Waals surface area contributed by atoms with Gasteiger partial charge < -0.3 is 4.55 Å². The fourth-order valence-corrected chi connectivity index (χ4v) is 8.85. The van der Waals surface area contributed by atoms with Crippen molar-refractivity contribution < 1.29 is 26.1 Å². The van der Waals surface area contributed by atoms with Crippen molar-refractivity contribution in [2.24, 2.45) is 0 Å². The van der Waals surface area contributed by atoms with Crippen LogP contribution in [0.2, 0.25) is 19.6 Å². The molecule has 0 aliphatic carbocycles. The molecule has 1 unspecified atom stereocenters. The van der Waals surface area contributed by atoms with Crippen LogP contribution in [0.1, 0.15) is 12.5 Å². The predicted octanol–water partition coefficient (Wildman–Crippen LogP) is 4.31. The van der Waals surface area contributed by atoms with E-state index in [2.05, 4.69) is 69.0 Å². The van der Waals surface area contributed by atoms with Crippen LogP contribution in [0.5, 0.6) is 0 Å². The zero-order valence-corrected chi connectivity index (χ0v) is 17.5. The second kappa shape index (κ2) is 10.4. The molecule has 0 aliphatic rings. The standard InChI is InChI=1S/C15H25SSi.CHF3O3S/c1-5-6-12-16(14-17(2,3)4)13-15-10-8-7-9-11-15;2-1(3,4)8(5,6)7/h5-11H,12-14H2,1-4H3;(H,5,6,7)/q+1;/p-1/b6-5+;. The maximum absolute atomic E-state index is 10.7. The summed E-state index contributed by atoms with van der Waals surface area (Å²) >= 11 is 0. The van der Waals surface area contributed by atoms with Gasteiger partial charge in [0.1, 0.15) is 19.6 Å². The molecule has 0 bridgehead atoms. The summed E-state index contributed by atoms with van der Waals surface area (Å²) < 4.78 is 58.9. The van der Waals surface area contributed by atoms with Crippen LogP contribution in [0.15, 0.2) is 42.5 Å². The largest absolute Gasteiger partial charge is 0.741 e. The Morgan fingerprint density at radius 3 is 2.00 bits per heavy atom. The van der Waals surface area contributed by atoms with Crippen LogP contribution in [0.3, 0.4) is 0 Å². The average molecular weight is 415 g/mol. The molecule has 0 heterocycles. The molecule has 1 aromatic rings. The molecule has 144 valence electrons. The molecule has 9 heteroatoms. The third-order valence-corrected chi connectivity index (χ3v) is 9.77. The summed E-state index contributed by atoms with van der Waals surface area (Å²) in [5, 5.41) is 1.45. The highest BCUT2D eigenvalue weighted by Gasteiger charge is 2.36. The Morgan fingerprint density at radius 1 is 1.16 bits per heavy atom. The first-order chi connectivity index (χ1) is 11.3. The molecule has 0 aromatic heterocycles. The zero-order valence-electron chi connectivity index (χ0n) is 14.8. The Kier molecular flexibility index (Phi) is 10.1. The first-order valence-electron chi connectivity index (χ1n) is 7.57. The molecule has 0 spiro atoms. The third kappa shape index (κ3) is 12.3. The van der Waals surface area contributed by atoms with E-state index in [1.807, 2.05) is 0 Å². The number of allylic oxidation sites excluding steroid dienone is 1. The van der Waals surface area contributed by atoms with Crippen molar-refractivity contribution in [3.63, 3.8) is 0 Å². The minimum Gasteiger partial charge on any atom is -0.741 e. The fraction of sp³-hybridized carbons (Fsp3) is 0.500. The Bertz CT molecular complexity index is 624. The van der Waals surface area contributed by atoms with Gasteiger partial charge in [0.25, 0.3) is 0 Å². The van der Waals surface area contributed by atoms with Gasteiger partial charge in [-0.3, -0.25) is 0 Å². The van der Waals surface area contributed by atoms with Crippen molar-refractivity contribution in [3.8, 4) is 0 Å². The third-order valence-electron chi connectivity index (χ3n) is 2.70. The normalized spacial score (nSPS) is 14.1. The van der Waals surface area contributed by atoms with Crippen molar-refractivity contribution in [3.05, 3.63) is 48.0 Å². The smallest absolute Gasteiger partial charge is 0.485 e. The molecule has 25 heavy (non-hydrogen) atoms. The maximum atomic E-state index is 10.7. The van der Waals surface area contributed by atoms with E-state index in [4.69, 9.17) is 13.0 Å². The highest BCUT2D eigenvalue weighted by molar-refractivity contribution is 7.97. The summed E-state index contributed by atoms with van der Waals surface area (Å²) in [5.74, 6) is 2.52. The molecule has 0 saturated carbocycles. The molecule has 1 rings (SSSR count). The summed E-state index contributed by atoms with van der Waals surface area (Å²) in [5.41, 5.74) is -4.15. The molecule has 0 amide bonds. The van der Waals surface area contributed by atoms with Crippen LogP contribution in [-0.4, -0.2) is 37.7 Å². The molecule has 1 atom stereocenters. The van der Waals surface area contributed by atoms with E-state index in [0.717, 1.165) is 0 Å². The van der Waals surface area contributed by atoms with Crippen LogP contribution in [0, 0.1) is 0 Å². The van der Waals surface area contributed by atoms with E-state index < -0.39 is 23.7 Å². The van der Waals surface area contributed by atoms with Gasteiger partial charge in [-0.25, -0.2) is 8.42 Å². The molecule has 0 fully saturated rings. The van der Waals surface area contributed by atoms with E-state index >= 15 is 0 Å². The van der Waals surface area contributed by atoms with Gasteiger partial charge in [-0.05, 0) is 23.9 Å². The molecular weight excluding hydrogens is 389 g/mol. The molecule has 0 saturated heterocycles. The summed E-state index contributed by atoms with van der Waals surface area (Å²) in [6, 6.07) is 10.9. The van der Waals surface area contributed by atoms with Crippen LogP contribution in [0.25, 0.3) is 0 Å². The molecule has 0 aliphatic heterocycles. The first kappa shape index (κ1) is 24.2. The van der Waals surface area contributed by atoms with Crippen molar-refractivity contribution in [2.45, 2.75) is 37.8 Å². The lowest BCUT2D eigenvalue weighted by Crippen LogP contribution is -2.34. The minimum absolute atomic E-state index is 0.530. The van der Waals surface area contributed by atoms with E-state index in [1.165, 1.54) is 22.4 Å². The molecule has 3 nitrogen and oxygen atoms in total. The monoisotopic (exact) mass is 414 g/mol. The topological polar surface area (TPSA) is 57.2 Å². The van der Waals surface area contributed by atoms with E-state index in [9.17, 15) is 13.2 Å². The van der Waals surface area contributed by atoms with E-state index in [1.54, 1.807) is 0 Å². The number of rotatable bonds is 6. The lowest BCUT2D eigenvalue weighted by atomic mass is 10.2. The number of benzene rings is 1. The fourth-order valence-electron chi connectivity index (χ4n) is 1.82. The molecule has 0 N–H and O–H groups in total. The number of halogens is 3. The summed E-state index contributed by atoms with van der Waals surface area (Å²) in [7, 11) is -6.51. The zero-order chi connectivity index (χ0) is 19.7. The van der Waals surface area contributed by atoms with Crippen molar-refractivity contribution in [2.75, 3.05) is 11.1 Å². The SMILES string of the molecule is C/C=C/C[S+](Cc1ccccc1)C[Si](C)(C)C.O=S(=O)([O-])C(F)(F)F. The predicted molar refractivity (Wildman–Crippen MR) is 101 cm³/mol. The first-order valence-corrected chi connectivity index (χ1v) is 14.4. The Labute approximate surface area is 152 Å². The second-order valence-corrected chi connectivity index (χ2v) is 16.1. The highest BCUT2D eigenvalue weighted by atomic mass is 32.2. The van der Waals surface area contributed by atoms with Gasteiger partial charge in [0, 0.05) is 5.56 Å². The Morgan fingerprint density at radius 2 is 1.64 bits per heavy atom. The van der Waals surface area contributed by atoms with Crippen LogP contribution in [0.4, 0.5) is 13.2 Å². The summed E-state index contributed by atoms with van der Waals surface area (Å²) in [4.78, 5) is 0. The van der Waals surface area contributed by atoms with Crippen molar-refractivity contribution >= 4 is 29.1 Å². The summed E-state index contributed by atoms with van der Waals surface area (Å²) in [6.07, 6.45) is 4.53. The quantitative estimate of drug-likeness (QED) is 0.229. The van der Waals surface area contributed by atoms with Gasteiger partial charge in [-0.1, -0.05) is 56.0 Å². The van der Waals surface area contributed by atoms with Crippen LogP contribution >= 0.6 is 0 Å². The number of alkyl halides is 3. The van der Waals surface area contributed by atoms with E-state index in [-0.39, 0.29) is 0 Å². The molecule has 1 aromatic carbocycles. The Hall–Kier alpha value is -0.773. The Balaban J connectivity index is 0.000000609. The van der Waals surface area contributed by atoms with Gasteiger partial charge in [-0.2, -0.15) is 13.2 Å². The highest BCUT2D eigenvalue weighted by Crippen LogP contribution is 2.20. The van der Waals surface area contributed by atoms with Gasteiger partial charge in [0.2, 0.25) is 0 Å². The minimum atomic E-state index is -6.09. The lowest BCUT2D eigenvalue weighted by Gasteiger charge is -2.16.